The third kappa shape index (κ3) is 3.26. The molecule has 98 valence electrons. The zero-order chi connectivity index (χ0) is 13.8. The quantitative estimate of drug-likeness (QED) is 0.585. The number of carbonyl (C=O) groups is 1. The highest BCUT2D eigenvalue weighted by Crippen LogP contribution is 2.22. The Hall–Kier alpha value is -1.11. The lowest BCUT2D eigenvalue weighted by Crippen LogP contribution is -2.29. The maximum atomic E-state index is 12.4. The molecule has 0 atom stereocenters. The molecule has 19 heavy (non-hydrogen) atoms. The van der Waals surface area contributed by atoms with Crippen LogP contribution in [0.4, 0.5) is 5.69 Å². The van der Waals surface area contributed by atoms with Gasteiger partial charge in [-0.2, -0.15) is 5.06 Å². The highest BCUT2D eigenvalue weighted by atomic mass is 127. The molecule has 0 bridgehead atoms. The standard InChI is InChI=1S/C14H11ClINO2/c1-19-17(11-8-6-10(16)7-9-11)14(18)12-4-2-3-5-13(12)15/h2-9H,1H3. The normalized spacial score (nSPS) is 10.3. The van der Waals surface area contributed by atoms with Crippen LogP contribution in [-0.2, 0) is 4.84 Å². The van der Waals surface area contributed by atoms with E-state index in [9.17, 15) is 4.79 Å². The predicted octanol–water partition coefficient (Wildman–Crippen LogP) is 4.15. The van der Waals surface area contributed by atoms with E-state index < -0.39 is 0 Å². The van der Waals surface area contributed by atoms with Crippen LogP contribution >= 0.6 is 34.2 Å². The maximum Gasteiger partial charge on any atom is 0.283 e. The largest absolute Gasteiger partial charge is 0.283 e. The lowest BCUT2D eigenvalue weighted by Gasteiger charge is -2.20. The number of hydrogen-bond donors (Lipinski definition) is 0. The van der Waals surface area contributed by atoms with Gasteiger partial charge in [0.1, 0.15) is 0 Å². The van der Waals surface area contributed by atoms with Crippen LogP contribution in [0.15, 0.2) is 48.5 Å². The number of benzene rings is 2. The van der Waals surface area contributed by atoms with Crippen LogP contribution in [0, 0.1) is 3.57 Å². The molecule has 0 N–H and O–H groups in total. The van der Waals surface area contributed by atoms with Crippen LogP contribution in [0.2, 0.25) is 5.02 Å². The Morgan fingerprint density at radius 2 is 1.79 bits per heavy atom. The van der Waals surface area contributed by atoms with Crippen LogP contribution in [0.1, 0.15) is 10.4 Å². The van der Waals surface area contributed by atoms with Crippen LogP contribution in [0.5, 0.6) is 0 Å². The fraction of sp³-hybridized carbons (Fsp3) is 0.0714. The van der Waals surface area contributed by atoms with Gasteiger partial charge in [-0.3, -0.25) is 9.63 Å². The van der Waals surface area contributed by atoms with Gasteiger partial charge in [-0.05, 0) is 59.0 Å². The minimum atomic E-state index is -0.297. The Morgan fingerprint density at radius 1 is 1.16 bits per heavy atom. The summed E-state index contributed by atoms with van der Waals surface area (Å²) in [5.74, 6) is -0.297. The second kappa shape index (κ2) is 6.36. The average Bonchev–Trinajstić information content (AvgIpc) is 2.42. The number of carbonyl (C=O) groups excluding carboxylic acids is 1. The van der Waals surface area contributed by atoms with E-state index in [2.05, 4.69) is 22.6 Å². The number of hydroxylamine groups is 1. The van der Waals surface area contributed by atoms with Crippen molar-refractivity contribution in [3.05, 3.63) is 62.7 Å². The van der Waals surface area contributed by atoms with Gasteiger partial charge in [0.2, 0.25) is 0 Å². The summed E-state index contributed by atoms with van der Waals surface area (Å²) in [5.41, 5.74) is 1.07. The molecule has 3 nitrogen and oxygen atoms in total. The molecule has 0 aliphatic rings. The number of anilines is 1. The molecule has 0 heterocycles. The fourth-order valence-electron chi connectivity index (χ4n) is 1.63. The number of rotatable bonds is 3. The van der Waals surface area contributed by atoms with Gasteiger partial charge in [-0.15, -0.1) is 0 Å². The molecule has 0 fully saturated rings. The van der Waals surface area contributed by atoms with Crippen LogP contribution in [0.3, 0.4) is 0 Å². The van der Waals surface area contributed by atoms with Crippen molar-refractivity contribution in [1.29, 1.82) is 0 Å². The maximum absolute atomic E-state index is 12.4. The van der Waals surface area contributed by atoms with E-state index in [1.165, 1.54) is 12.2 Å². The van der Waals surface area contributed by atoms with Gasteiger partial charge in [-0.25, -0.2) is 0 Å². The summed E-state index contributed by atoms with van der Waals surface area (Å²) in [6.45, 7) is 0. The van der Waals surface area contributed by atoms with E-state index in [1.54, 1.807) is 24.3 Å². The lowest BCUT2D eigenvalue weighted by molar-refractivity contribution is 0.0773. The molecule has 2 aromatic rings. The van der Waals surface area contributed by atoms with E-state index in [0.717, 1.165) is 3.57 Å². The summed E-state index contributed by atoms with van der Waals surface area (Å²) < 4.78 is 1.09. The predicted molar refractivity (Wildman–Crippen MR) is 84.4 cm³/mol. The van der Waals surface area contributed by atoms with Gasteiger partial charge in [0.25, 0.3) is 5.91 Å². The number of amides is 1. The first-order chi connectivity index (χ1) is 9.13. The van der Waals surface area contributed by atoms with E-state index in [0.29, 0.717) is 16.3 Å². The zero-order valence-corrected chi connectivity index (χ0v) is 13.1. The molecule has 0 saturated carbocycles. The first-order valence-corrected chi connectivity index (χ1v) is 6.98. The Kier molecular flexibility index (Phi) is 4.79. The van der Waals surface area contributed by atoms with E-state index in [4.69, 9.17) is 16.4 Å². The number of nitrogens with zero attached hydrogens (tertiary/aromatic N) is 1. The molecule has 0 radical (unpaired) electrons. The van der Waals surface area contributed by atoms with Crippen molar-refractivity contribution in [2.75, 3.05) is 12.2 Å². The van der Waals surface area contributed by atoms with Crippen molar-refractivity contribution >= 4 is 45.8 Å². The van der Waals surface area contributed by atoms with Crippen molar-refractivity contribution in [3.63, 3.8) is 0 Å². The molecule has 1 amide bonds. The van der Waals surface area contributed by atoms with Crippen LogP contribution in [0.25, 0.3) is 0 Å². The van der Waals surface area contributed by atoms with E-state index in [1.807, 2.05) is 24.3 Å². The second-order valence-electron chi connectivity index (χ2n) is 3.74. The topological polar surface area (TPSA) is 29.5 Å². The van der Waals surface area contributed by atoms with Crippen molar-refractivity contribution in [2.24, 2.45) is 0 Å². The summed E-state index contributed by atoms with van der Waals surface area (Å²) >= 11 is 8.23. The van der Waals surface area contributed by atoms with Crippen molar-refractivity contribution in [3.8, 4) is 0 Å². The highest BCUT2D eigenvalue weighted by Gasteiger charge is 2.19. The Labute approximate surface area is 130 Å². The van der Waals surface area contributed by atoms with Gasteiger partial charge in [-0.1, -0.05) is 23.7 Å². The molecule has 0 unspecified atom stereocenters. The molecular weight excluding hydrogens is 377 g/mol. The summed E-state index contributed by atoms with van der Waals surface area (Å²) in [4.78, 5) is 17.6. The third-order valence-corrected chi connectivity index (χ3v) is 3.58. The van der Waals surface area contributed by atoms with Crippen molar-refractivity contribution in [1.82, 2.24) is 0 Å². The van der Waals surface area contributed by atoms with Gasteiger partial charge >= 0.3 is 0 Å². The Morgan fingerprint density at radius 3 is 2.37 bits per heavy atom. The van der Waals surface area contributed by atoms with Crippen molar-refractivity contribution in [2.45, 2.75) is 0 Å². The molecule has 2 rings (SSSR count). The Balaban J connectivity index is 2.35. The van der Waals surface area contributed by atoms with Gasteiger partial charge in [0.15, 0.2) is 0 Å². The van der Waals surface area contributed by atoms with Gasteiger partial charge in [0.05, 0.1) is 23.4 Å². The summed E-state index contributed by atoms with van der Waals surface area (Å²) in [5, 5.41) is 1.62. The number of halogens is 2. The van der Waals surface area contributed by atoms with Gasteiger partial charge in [0, 0.05) is 3.57 Å². The minimum absolute atomic E-state index is 0.297. The van der Waals surface area contributed by atoms with Crippen LogP contribution in [-0.4, -0.2) is 13.0 Å². The molecule has 2 aromatic carbocycles. The first kappa shape index (κ1) is 14.3. The third-order valence-electron chi connectivity index (χ3n) is 2.53. The summed E-state index contributed by atoms with van der Waals surface area (Å²) in [6, 6.07) is 14.3. The first-order valence-electron chi connectivity index (χ1n) is 5.52. The average molecular weight is 388 g/mol. The lowest BCUT2D eigenvalue weighted by atomic mass is 10.2. The highest BCUT2D eigenvalue weighted by molar-refractivity contribution is 14.1. The fourth-order valence-corrected chi connectivity index (χ4v) is 2.20. The molecule has 0 aromatic heterocycles. The molecule has 0 saturated heterocycles. The Bertz CT molecular complexity index is 586. The second-order valence-corrected chi connectivity index (χ2v) is 5.39. The van der Waals surface area contributed by atoms with E-state index >= 15 is 0 Å². The molecule has 0 spiro atoms. The van der Waals surface area contributed by atoms with Gasteiger partial charge < -0.3 is 0 Å². The zero-order valence-electron chi connectivity index (χ0n) is 10.1. The van der Waals surface area contributed by atoms with Crippen molar-refractivity contribution < 1.29 is 9.63 Å². The molecule has 0 aliphatic carbocycles. The SMILES string of the molecule is CON(C(=O)c1ccccc1Cl)c1ccc(I)cc1. The smallest absolute Gasteiger partial charge is 0.269 e. The van der Waals surface area contributed by atoms with Crippen LogP contribution < -0.4 is 5.06 Å². The summed E-state index contributed by atoms with van der Waals surface area (Å²) in [7, 11) is 1.45. The molecular formula is C14H11ClINO2. The monoisotopic (exact) mass is 387 g/mol. The molecule has 0 aliphatic heterocycles. The van der Waals surface area contributed by atoms with E-state index in [-0.39, 0.29) is 5.91 Å². The number of hydrogen-bond acceptors (Lipinski definition) is 2. The summed E-state index contributed by atoms with van der Waals surface area (Å²) in [6.07, 6.45) is 0. The molecule has 5 heteroatoms. The minimum Gasteiger partial charge on any atom is -0.269 e.